The van der Waals surface area contributed by atoms with Crippen molar-refractivity contribution in [2.75, 3.05) is 26.4 Å². The van der Waals surface area contributed by atoms with Gasteiger partial charge in [0, 0.05) is 5.41 Å². The van der Waals surface area contributed by atoms with E-state index in [2.05, 4.69) is 13.8 Å². The van der Waals surface area contributed by atoms with Gasteiger partial charge in [0.15, 0.2) is 12.6 Å². The van der Waals surface area contributed by atoms with Crippen LogP contribution in [0.4, 0.5) is 0 Å². The zero-order valence-corrected chi connectivity index (χ0v) is 47.9. The molecule has 2 saturated heterocycles. The molecule has 0 aliphatic carbocycles. The molecule has 10 atom stereocenters. The van der Waals surface area contributed by atoms with E-state index in [9.17, 15) is 77.8 Å². The standard InChI is InChI=1S/C47H96O24P4/c1-3-5-7-9-11-13-15-17-19-21-23-25-27-29-31-47(32-30-28-26-24-22-20-18-16-14-12-10-8-6-4-2,35-64-45-39(50)43(70-74(58,59)60)41(37(33-48)66-45)68-72(52,53)54)36-65-46-40(51)44(71-75(61,62)63)42(38(34-49)67-46)69-73(55,56)57/h37-46,48-51H,3-36H2,1-2H3,(H2,52,53,54)(H2,55,56,57)(H2,58,59,60)(H2,61,62,63)/t37-,38-,39-,40-,41+,42+,43-,44-,45-,46-/m1/s1. The highest BCUT2D eigenvalue weighted by atomic mass is 31.2. The first-order valence-electron chi connectivity index (χ1n) is 27.5. The third kappa shape index (κ3) is 31.8. The molecule has 24 nitrogen and oxygen atoms in total. The number of rotatable bonds is 46. The molecule has 2 heterocycles. The van der Waals surface area contributed by atoms with Crippen LogP contribution in [0.25, 0.3) is 0 Å². The van der Waals surface area contributed by atoms with Crippen LogP contribution < -0.4 is 0 Å². The summed E-state index contributed by atoms with van der Waals surface area (Å²) in [6, 6.07) is 0. The van der Waals surface area contributed by atoms with Gasteiger partial charge in [0.1, 0.15) is 48.8 Å². The van der Waals surface area contributed by atoms with Gasteiger partial charge in [-0.1, -0.05) is 194 Å². The van der Waals surface area contributed by atoms with Gasteiger partial charge < -0.3 is 78.5 Å². The number of aliphatic hydroxyl groups is 4. The predicted octanol–water partition coefficient (Wildman–Crippen LogP) is 7.82. The van der Waals surface area contributed by atoms with E-state index in [1.54, 1.807) is 0 Å². The minimum atomic E-state index is -5.52. The maximum atomic E-state index is 12.1. The van der Waals surface area contributed by atoms with E-state index in [0.29, 0.717) is 25.7 Å². The lowest BCUT2D eigenvalue weighted by atomic mass is 9.79. The normalized spacial score (nSPS) is 25.3. The highest BCUT2D eigenvalue weighted by molar-refractivity contribution is 7.47. The summed E-state index contributed by atoms with van der Waals surface area (Å²) in [5.41, 5.74) is -1.12. The van der Waals surface area contributed by atoms with Gasteiger partial charge in [0.25, 0.3) is 0 Å². The minimum Gasteiger partial charge on any atom is -0.394 e. The zero-order valence-electron chi connectivity index (χ0n) is 44.4. The van der Waals surface area contributed by atoms with Crippen molar-refractivity contribution in [1.82, 2.24) is 0 Å². The van der Waals surface area contributed by atoms with Gasteiger partial charge in [0.05, 0.1) is 26.4 Å². The molecule has 448 valence electrons. The van der Waals surface area contributed by atoms with Crippen LogP contribution in [0.1, 0.15) is 206 Å². The lowest BCUT2D eigenvalue weighted by Crippen LogP contribution is -2.61. The Balaban J connectivity index is 2.42. The van der Waals surface area contributed by atoms with Crippen LogP contribution in [0.2, 0.25) is 0 Å². The maximum Gasteiger partial charge on any atom is 0.470 e. The number of phosphoric acid groups is 4. The molecule has 2 rings (SSSR count). The molecule has 2 fully saturated rings. The second-order valence-electron chi connectivity index (χ2n) is 20.5. The summed E-state index contributed by atoms with van der Waals surface area (Å²) < 4.78 is 90.8. The summed E-state index contributed by atoms with van der Waals surface area (Å²) in [7, 11) is -21.9. The number of aliphatic hydroxyl groups excluding tert-OH is 4. The average molecular weight is 1170 g/mol. The minimum absolute atomic E-state index is 0.334. The molecule has 2 aliphatic rings. The molecule has 75 heavy (non-hydrogen) atoms. The number of hydrogen-bond donors (Lipinski definition) is 12. The maximum absolute atomic E-state index is 12.1. The second kappa shape index (κ2) is 38.0. The molecular weight excluding hydrogens is 1070 g/mol. The first-order chi connectivity index (χ1) is 35.4. The molecule has 0 aromatic rings. The summed E-state index contributed by atoms with van der Waals surface area (Å²) >= 11 is 0. The highest BCUT2D eigenvalue weighted by Gasteiger charge is 2.54. The highest BCUT2D eigenvalue weighted by Crippen LogP contribution is 2.49. The Morgan fingerprint density at radius 2 is 0.600 bits per heavy atom. The Labute approximate surface area is 444 Å². The summed E-state index contributed by atoms with van der Waals surface area (Å²) in [6.07, 6.45) is 10.7. The van der Waals surface area contributed by atoms with Crippen molar-refractivity contribution in [3.05, 3.63) is 0 Å². The molecule has 28 heteroatoms. The molecule has 0 amide bonds. The van der Waals surface area contributed by atoms with Crippen LogP contribution in [0.5, 0.6) is 0 Å². The summed E-state index contributed by atoms with van der Waals surface area (Å²) in [4.78, 5) is 77.4. The lowest BCUT2D eigenvalue weighted by molar-refractivity contribution is -0.314. The predicted molar refractivity (Wildman–Crippen MR) is 275 cm³/mol. The number of ether oxygens (including phenoxy) is 4. The van der Waals surface area contributed by atoms with Crippen molar-refractivity contribution in [3.63, 3.8) is 0 Å². The van der Waals surface area contributed by atoms with Crippen LogP contribution in [-0.4, -0.2) is 147 Å². The van der Waals surface area contributed by atoms with E-state index in [0.717, 1.165) is 77.0 Å². The molecule has 12 N–H and O–H groups in total. The van der Waals surface area contributed by atoms with Crippen molar-refractivity contribution in [2.24, 2.45) is 5.41 Å². The number of phosphoric ester groups is 4. The zero-order chi connectivity index (χ0) is 56.0. The van der Waals surface area contributed by atoms with Gasteiger partial charge in [-0.2, -0.15) is 0 Å². The molecule has 0 unspecified atom stereocenters. The Bertz CT molecular complexity index is 1540. The van der Waals surface area contributed by atoms with Gasteiger partial charge in [-0.3, -0.25) is 18.1 Å². The van der Waals surface area contributed by atoms with E-state index in [1.165, 1.54) is 89.9 Å². The summed E-state index contributed by atoms with van der Waals surface area (Å²) in [5, 5.41) is 43.4. The van der Waals surface area contributed by atoms with Crippen LogP contribution in [0, 0.1) is 5.41 Å². The molecule has 0 aromatic heterocycles. The fraction of sp³-hybridized carbons (Fsp3) is 1.00. The van der Waals surface area contributed by atoms with Crippen molar-refractivity contribution in [1.29, 1.82) is 0 Å². The fourth-order valence-corrected chi connectivity index (χ4v) is 12.1. The Kier molecular flexibility index (Phi) is 36.1. The van der Waals surface area contributed by atoms with Gasteiger partial charge in [-0.25, -0.2) is 18.3 Å². The second-order valence-corrected chi connectivity index (χ2v) is 25.3. The monoisotopic (exact) mass is 1170 g/mol. The SMILES string of the molecule is CCCCCCCCCCCCCCCCC(CCCCCCCCCCCCCCCC)(CO[C@@H]1O[C@H](CO)[C@H](OP(=O)(O)O)[C@H](OP(=O)(O)O)[C@H]1O)CO[C@@H]1O[C@H](CO)[C@H](OP(=O)(O)O)[C@H](OP(=O)(O)O)[C@H]1O. The third-order valence-corrected chi connectivity index (χ3v) is 15.9. The Hall–Kier alpha value is 0.120. The lowest BCUT2D eigenvalue weighted by Gasteiger charge is -2.45. The molecular formula is C47H96O24P4. The van der Waals surface area contributed by atoms with E-state index in [1.807, 2.05) is 0 Å². The quantitative estimate of drug-likeness (QED) is 0.0204. The Morgan fingerprint density at radius 3 is 0.827 bits per heavy atom. The molecule has 0 saturated carbocycles. The molecule has 0 radical (unpaired) electrons. The first-order valence-corrected chi connectivity index (χ1v) is 33.6. The van der Waals surface area contributed by atoms with Crippen molar-refractivity contribution in [2.45, 2.75) is 268 Å². The van der Waals surface area contributed by atoms with Gasteiger partial charge >= 0.3 is 31.3 Å². The number of unbranched alkanes of at least 4 members (excludes halogenated alkanes) is 26. The van der Waals surface area contributed by atoms with Crippen molar-refractivity contribution in [3.8, 4) is 0 Å². The van der Waals surface area contributed by atoms with Crippen LogP contribution in [0.3, 0.4) is 0 Å². The third-order valence-electron chi connectivity index (χ3n) is 13.9. The smallest absolute Gasteiger partial charge is 0.394 e. The Morgan fingerprint density at radius 1 is 0.373 bits per heavy atom. The van der Waals surface area contributed by atoms with E-state index < -0.39 is 111 Å². The van der Waals surface area contributed by atoms with Crippen molar-refractivity contribution >= 4 is 31.3 Å². The van der Waals surface area contributed by atoms with Gasteiger partial charge in [-0.15, -0.1) is 0 Å². The van der Waals surface area contributed by atoms with Gasteiger partial charge in [-0.05, 0) is 12.8 Å². The van der Waals surface area contributed by atoms with Crippen LogP contribution in [0.15, 0.2) is 0 Å². The largest absolute Gasteiger partial charge is 0.470 e. The van der Waals surface area contributed by atoms with Crippen LogP contribution in [-0.2, 0) is 55.3 Å². The summed E-state index contributed by atoms with van der Waals surface area (Å²) in [6.45, 7) is 1.55. The molecule has 0 aromatic carbocycles. The van der Waals surface area contributed by atoms with Gasteiger partial charge in [0.2, 0.25) is 0 Å². The molecule has 0 bridgehead atoms. The van der Waals surface area contributed by atoms with E-state index >= 15 is 0 Å². The van der Waals surface area contributed by atoms with Crippen LogP contribution >= 0.6 is 31.3 Å². The summed E-state index contributed by atoms with van der Waals surface area (Å²) in [5.74, 6) is 0. The van der Waals surface area contributed by atoms with E-state index in [-0.39, 0.29) is 13.2 Å². The number of hydrogen-bond acceptors (Lipinski definition) is 16. The first kappa shape index (κ1) is 71.2. The molecule has 2 aliphatic heterocycles. The average Bonchev–Trinajstić information content (AvgIpc) is 3.32. The van der Waals surface area contributed by atoms with E-state index in [4.69, 9.17) is 37.0 Å². The van der Waals surface area contributed by atoms with Crippen molar-refractivity contribution < 1.29 is 115 Å². The topological polar surface area (TPSA) is 385 Å². The molecule has 0 spiro atoms. The fourth-order valence-electron chi connectivity index (χ4n) is 9.85.